The highest BCUT2D eigenvalue weighted by atomic mass is 16.5. The largest absolute Gasteiger partial charge is 0.459 e. The Bertz CT molecular complexity index is 493. The molecule has 1 aromatic carbocycles. The molecule has 3 heteroatoms. The molecule has 102 valence electrons. The SMILES string of the molecule is CC(NC1CCCOCC1)c1cc2ccccc2o1. The molecule has 1 N–H and O–H groups in total. The van der Waals surface area contributed by atoms with Gasteiger partial charge in [-0.2, -0.15) is 0 Å². The molecule has 0 spiro atoms. The van der Waals surface area contributed by atoms with Crippen LogP contribution in [0.15, 0.2) is 34.7 Å². The molecule has 2 heterocycles. The molecular formula is C16H21NO2. The van der Waals surface area contributed by atoms with Crippen molar-refractivity contribution in [3.8, 4) is 0 Å². The van der Waals surface area contributed by atoms with Gasteiger partial charge in [-0.15, -0.1) is 0 Å². The summed E-state index contributed by atoms with van der Waals surface area (Å²) in [6.45, 7) is 3.94. The number of nitrogens with one attached hydrogen (secondary N) is 1. The monoisotopic (exact) mass is 259 g/mol. The third kappa shape index (κ3) is 2.99. The van der Waals surface area contributed by atoms with Crippen molar-refractivity contribution in [3.63, 3.8) is 0 Å². The van der Waals surface area contributed by atoms with Crippen molar-refractivity contribution in [3.05, 3.63) is 36.1 Å². The standard InChI is InChI=1S/C16H21NO2/c1-12(17-14-6-4-9-18-10-8-14)16-11-13-5-2-3-7-15(13)19-16/h2-3,5,7,11-12,14,17H,4,6,8-10H2,1H3. The molecule has 0 aliphatic carbocycles. The van der Waals surface area contributed by atoms with Gasteiger partial charge >= 0.3 is 0 Å². The normalized spacial score (nSPS) is 22.3. The number of benzene rings is 1. The van der Waals surface area contributed by atoms with E-state index in [0.717, 1.165) is 37.4 Å². The van der Waals surface area contributed by atoms with Crippen molar-refractivity contribution in [1.29, 1.82) is 0 Å². The van der Waals surface area contributed by atoms with Crippen molar-refractivity contribution < 1.29 is 9.15 Å². The van der Waals surface area contributed by atoms with Crippen molar-refractivity contribution in [2.45, 2.75) is 38.3 Å². The van der Waals surface area contributed by atoms with E-state index >= 15 is 0 Å². The lowest BCUT2D eigenvalue weighted by atomic mass is 10.1. The van der Waals surface area contributed by atoms with Crippen LogP contribution in [0.25, 0.3) is 11.0 Å². The first-order valence-corrected chi connectivity index (χ1v) is 7.15. The Morgan fingerprint density at radius 2 is 2.11 bits per heavy atom. The number of hydrogen-bond donors (Lipinski definition) is 1. The Morgan fingerprint density at radius 3 is 3.00 bits per heavy atom. The van der Waals surface area contributed by atoms with E-state index in [-0.39, 0.29) is 6.04 Å². The molecule has 2 unspecified atom stereocenters. The number of hydrogen-bond acceptors (Lipinski definition) is 3. The summed E-state index contributed by atoms with van der Waals surface area (Å²) >= 11 is 0. The van der Waals surface area contributed by atoms with Gasteiger partial charge in [0.15, 0.2) is 0 Å². The van der Waals surface area contributed by atoms with Crippen molar-refractivity contribution in [2.24, 2.45) is 0 Å². The third-order valence-corrected chi connectivity index (χ3v) is 3.81. The first-order chi connectivity index (χ1) is 9.33. The average molecular weight is 259 g/mol. The fourth-order valence-corrected chi connectivity index (χ4v) is 2.72. The fourth-order valence-electron chi connectivity index (χ4n) is 2.72. The van der Waals surface area contributed by atoms with E-state index in [1.54, 1.807) is 0 Å². The van der Waals surface area contributed by atoms with Gasteiger partial charge in [0.25, 0.3) is 0 Å². The predicted octanol–water partition coefficient (Wildman–Crippen LogP) is 3.65. The van der Waals surface area contributed by atoms with Crippen LogP contribution in [0.3, 0.4) is 0 Å². The fraction of sp³-hybridized carbons (Fsp3) is 0.500. The molecule has 1 aromatic heterocycles. The number of furan rings is 1. The van der Waals surface area contributed by atoms with E-state index in [9.17, 15) is 0 Å². The minimum atomic E-state index is 0.246. The summed E-state index contributed by atoms with van der Waals surface area (Å²) in [6, 6.07) is 11.1. The summed E-state index contributed by atoms with van der Waals surface area (Å²) in [7, 11) is 0. The molecule has 1 aliphatic rings. The Morgan fingerprint density at radius 1 is 1.21 bits per heavy atom. The second-order valence-electron chi connectivity index (χ2n) is 5.32. The number of fused-ring (bicyclic) bond motifs is 1. The lowest BCUT2D eigenvalue weighted by Crippen LogP contribution is -2.31. The van der Waals surface area contributed by atoms with Gasteiger partial charge in [-0.1, -0.05) is 18.2 Å². The van der Waals surface area contributed by atoms with Gasteiger partial charge in [-0.05, 0) is 38.3 Å². The molecule has 2 aromatic rings. The van der Waals surface area contributed by atoms with Crippen molar-refractivity contribution >= 4 is 11.0 Å². The highest BCUT2D eigenvalue weighted by Crippen LogP contribution is 2.24. The predicted molar refractivity (Wildman–Crippen MR) is 76.2 cm³/mol. The molecule has 0 radical (unpaired) electrons. The summed E-state index contributed by atoms with van der Waals surface area (Å²) in [6.07, 6.45) is 3.42. The topological polar surface area (TPSA) is 34.4 Å². The van der Waals surface area contributed by atoms with Crippen molar-refractivity contribution in [1.82, 2.24) is 5.32 Å². The second-order valence-corrected chi connectivity index (χ2v) is 5.32. The van der Waals surface area contributed by atoms with Gasteiger partial charge in [0.05, 0.1) is 6.04 Å². The first-order valence-electron chi connectivity index (χ1n) is 7.15. The smallest absolute Gasteiger partial charge is 0.134 e. The quantitative estimate of drug-likeness (QED) is 0.913. The van der Waals surface area contributed by atoms with Crippen LogP contribution in [0, 0.1) is 0 Å². The molecule has 1 fully saturated rings. The zero-order chi connectivity index (χ0) is 13.1. The van der Waals surface area contributed by atoms with Gasteiger partial charge in [-0.3, -0.25) is 0 Å². The van der Waals surface area contributed by atoms with Gasteiger partial charge < -0.3 is 14.5 Å². The zero-order valence-corrected chi connectivity index (χ0v) is 11.4. The lowest BCUT2D eigenvalue weighted by molar-refractivity contribution is 0.142. The van der Waals surface area contributed by atoms with E-state index in [1.165, 1.54) is 11.8 Å². The van der Waals surface area contributed by atoms with E-state index in [4.69, 9.17) is 9.15 Å². The van der Waals surface area contributed by atoms with E-state index < -0.39 is 0 Å². The molecule has 1 aliphatic heterocycles. The van der Waals surface area contributed by atoms with Gasteiger partial charge in [-0.25, -0.2) is 0 Å². The number of para-hydroxylation sites is 1. The maximum atomic E-state index is 5.91. The van der Waals surface area contributed by atoms with Crippen LogP contribution in [-0.4, -0.2) is 19.3 Å². The summed E-state index contributed by atoms with van der Waals surface area (Å²) in [5.41, 5.74) is 0.968. The highest BCUT2D eigenvalue weighted by Gasteiger charge is 2.17. The second kappa shape index (κ2) is 5.76. The maximum Gasteiger partial charge on any atom is 0.134 e. The Hall–Kier alpha value is -1.32. The number of rotatable bonds is 3. The number of ether oxygens (including phenoxy) is 1. The van der Waals surface area contributed by atoms with Crippen LogP contribution in [0.1, 0.15) is 38.0 Å². The molecule has 3 nitrogen and oxygen atoms in total. The zero-order valence-electron chi connectivity index (χ0n) is 11.4. The van der Waals surface area contributed by atoms with Crippen LogP contribution in [-0.2, 0) is 4.74 Å². The minimum absolute atomic E-state index is 0.246. The van der Waals surface area contributed by atoms with Gasteiger partial charge in [0.1, 0.15) is 11.3 Å². The highest BCUT2D eigenvalue weighted by molar-refractivity contribution is 5.77. The molecule has 1 saturated heterocycles. The Kier molecular flexibility index (Phi) is 3.85. The summed E-state index contributed by atoms with van der Waals surface area (Å²) in [5, 5.41) is 4.84. The van der Waals surface area contributed by atoms with Crippen molar-refractivity contribution in [2.75, 3.05) is 13.2 Å². The van der Waals surface area contributed by atoms with E-state index in [1.807, 2.05) is 18.2 Å². The van der Waals surface area contributed by atoms with Gasteiger partial charge in [0.2, 0.25) is 0 Å². The Balaban J connectivity index is 1.70. The van der Waals surface area contributed by atoms with Crippen LogP contribution >= 0.6 is 0 Å². The molecule has 2 atom stereocenters. The van der Waals surface area contributed by atoms with Gasteiger partial charge in [0, 0.05) is 24.6 Å². The summed E-state index contributed by atoms with van der Waals surface area (Å²) < 4.78 is 11.4. The molecule has 3 rings (SSSR count). The molecule has 19 heavy (non-hydrogen) atoms. The first kappa shape index (κ1) is 12.7. The summed E-state index contributed by atoms with van der Waals surface area (Å²) in [5.74, 6) is 1.02. The minimum Gasteiger partial charge on any atom is -0.459 e. The third-order valence-electron chi connectivity index (χ3n) is 3.81. The van der Waals surface area contributed by atoms with Crippen LogP contribution in [0.4, 0.5) is 0 Å². The molecule has 0 saturated carbocycles. The summed E-state index contributed by atoms with van der Waals surface area (Å²) in [4.78, 5) is 0. The van der Waals surface area contributed by atoms with Crippen LogP contribution in [0.2, 0.25) is 0 Å². The van der Waals surface area contributed by atoms with E-state index in [2.05, 4.69) is 24.4 Å². The van der Waals surface area contributed by atoms with Crippen LogP contribution in [0.5, 0.6) is 0 Å². The molecule has 0 bridgehead atoms. The average Bonchev–Trinajstić information content (AvgIpc) is 2.70. The molecule has 0 amide bonds. The van der Waals surface area contributed by atoms with Crippen LogP contribution < -0.4 is 5.32 Å². The molecular weight excluding hydrogens is 238 g/mol. The maximum absolute atomic E-state index is 5.91. The Labute approximate surface area is 113 Å². The lowest BCUT2D eigenvalue weighted by Gasteiger charge is -2.20. The van der Waals surface area contributed by atoms with E-state index in [0.29, 0.717) is 6.04 Å².